The van der Waals surface area contributed by atoms with E-state index >= 15 is 0 Å². The van der Waals surface area contributed by atoms with Gasteiger partial charge in [0.1, 0.15) is 6.61 Å². The molecule has 0 heterocycles. The smallest absolute Gasteiger partial charge is 0.110 e. The highest BCUT2D eigenvalue weighted by atomic mass is 16.5. The molecule has 0 aromatic rings. The van der Waals surface area contributed by atoms with E-state index in [1.807, 2.05) is 38.2 Å². The molecule has 68 valence electrons. The summed E-state index contributed by atoms with van der Waals surface area (Å²) in [4.78, 5) is 0. The van der Waals surface area contributed by atoms with Gasteiger partial charge in [0.25, 0.3) is 0 Å². The molecule has 0 spiro atoms. The van der Waals surface area contributed by atoms with Gasteiger partial charge in [-0.3, -0.25) is 0 Å². The zero-order valence-electron chi connectivity index (χ0n) is 7.66. The molecule has 0 saturated carbocycles. The van der Waals surface area contributed by atoms with Crippen LogP contribution in [0.4, 0.5) is 0 Å². The second-order valence-corrected chi connectivity index (χ2v) is 2.21. The Morgan fingerprint density at radius 2 is 1.83 bits per heavy atom. The molecule has 0 fully saturated rings. The summed E-state index contributed by atoms with van der Waals surface area (Å²) in [6, 6.07) is 0. The largest absolute Gasteiger partial charge is 0.498 e. The van der Waals surface area contributed by atoms with Gasteiger partial charge >= 0.3 is 0 Å². The molecular formula is C10H16O2. The second kappa shape index (κ2) is 8.08. The van der Waals surface area contributed by atoms with E-state index in [9.17, 15) is 0 Å². The average Bonchev–Trinajstić information content (AvgIpc) is 2.06. The predicted molar refractivity (Wildman–Crippen MR) is 50.7 cm³/mol. The second-order valence-electron chi connectivity index (χ2n) is 2.21. The summed E-state index contributed by atoms with van der Waals surface area (Å²) in [6.07, 6.45) is 9.40. The molecule has 1 N–H and O–H groups in total. The lowest BCUT2D eigenvalue weighted by atomic mass is 10.2. The third-order valence-electron chi connectivity index (χ3n) is 1.15. The molecule has 0 aliphatic carbocycles. The zero-order valence-corrected chi connectivity index (χ0v) is 7.66. The van der Waals surface area contributed by atoms with Gasteiger partial charge in [0, 0.05) is 5.57 Å². The molecule has 0 unspecified atom stereocenters. The summed E-state index contributed by atoms with van der Waals surface area (Å²) in [6.45, 7) is 4.29. The van der Waals surface area contributed by atoms with Crippen molar-refractivity contribution in [2.24, 2.45) is 0 Å². The fraction of sp³-hybridized carbons (Fsp3) is 0.400. The zero-order chi connectivity index (χ0) is 9.23. The Labute approximate surface area is 73.9 Å². The fourth-order valence-corrected chi connectivity index (χ4v) is 0.727. The van der Waals surface area contributed by atoms with Crippen molar-refractivity contribution in [3.8, 4) is 0 Å². The van der Waals surface area contributed by atoms with Gasteiger partial charge in [-0.2, -0.15) is 0 Å². The highest BCUT2D eigenvalue weighted by Gasteiger charge is 1.84. The molecule has 0 rings (SSSR count). The average molecular weight is 168 g/mol. The van der Waals surface area contributed by atoms with Crippen LogP contribution >= 0.6 is 0 Å². The van der Waals surface area contributed by atoms with Crippen LogP contribution in [0.3, 0.4) is 0 Å². The Hall–Kier alpha value is -1.02. The van der Waals surface area contributed by atoms with Crippen LogP contribution in [0.1, 0.15) is 13.8 Å². The van der Waals surface area contributed by atoms with Crippen LogP contribution in [0.15, 0.2) is 36.1 Å². The lowest BCUT2D eigenvalue weighted by molar-refractivity contribution is 0.165. The molecule has 0 aliphatic heterocycles. The summed E-state index contributed by atoms with van der Waals surface area (Å²) >= 11 is 0. The van der Waals surface area contributed by atoms with Gasteiger partial charge in [-0.25, -0.2) is 0 Å². The van der Waals surface area contributed by atoms with E-state index in [2.05, 4.69) is 0 Å². The van der Waals surface area contributed by atoms with Crippen molar-refractivity contribution in [2.45, 2.75) is 13.8 Å². The molecule has 2 nitrogen and oxygen atoms in total. The first-order valence-corrected chi connectivity index (χ1v) is 4.03. The number of rotatable bonds is 5. The Morgan fingerprint density at radius 1 is 1.25 bits per heavy atom. The third-order valence-corrected chi connectivity index (χ3v) is 1.15. The Morgan fingerprint density at radius 3 is 2.25 bits per heavy atom. The predicted octanol–water partition coefficient (Wildman–Crippen LogP) is 2.03. The SMILES string of the molecule is CC=CC(C=CC)=COCCO. The van der Waals surface area contributed by atoms with Gasteiger partial charge in [-0.1, -0.05) is 24.3 Å². The highest BCUT2D eigenvalue weighted by molar-refractivity contribution is 5.28. The van der Waals surface area contributed by atoms with E-state index in [0.29, 0.717) is 6.61 Å². The van der Waals surface area contributed by atoms with Gasteiger partial charge in [-0.15, -0.1) is 0 Å². The molecule has 0 aromatic heterocycles. The van der Waals surface area contributed by atoms with Gasteiger partial charge < -0.3 is 9.84 Å². The molecule has 0 amide bonds. The quantitative estimate of drug-likeness (QED) is 0.386. The topological polar surface area (TPSA) is 29.5 Å². The summed E-state index contributed by atoms with van der Waals surface area (Å²) in [5.74, 6) is 0. The Balaban J connectivity index is 3.99. The minimum atomic E-state index is 0.0511. The maximum atomic E-state index is 8.45. The van der Waals surface area contributed by atoms with Crippen LogP contribution in [-0.4, -0.2) is 18.3 Å². The van der Waals surface area contributed by atoms with Crippen LogP contribution < -0.4 is 0 Å². The van der Waals surface area contributed by atoms with Crippen LogP contribution in [0.25, 0.3) is 0 Å². The monoisotopic (exact) mass is 168 g/mol. The van der Waals surface area contributed by atoms with Crippen LogP contribution in [-0.2, 0) is 4.74 Å². The first-order chi connectivity index (χ1) is 5.85. The lowest BCUT2D eigenvalue weighted by Gasteiger charge is -1.97. The first kappa shape index (κ1) is 11.0. The van der Waals surface area contributed by atoms with Gasteiger partial charge in [0.2, 0.25) is 0 Å². The third kappa shape index (κ3) is 5.74. The van der Waals surface area contributed by atoms with Crippen molar-refractivity contribution < 1.29 is 9.84 Å². The summed E-state index contributed by atoms with van der Waals surface area (Å²) < 4.78 is 5.04. The number of hydrogen-bond acceptors (Lipinski definition) is 2. The number of aliphatic hydroxyl groups excluding tert-OH is 1. The first-order valence-electron chi connectivity index (χ1n) is 4.03. The van der Waals surface area contributed by atoms with E-state index in [0.717, 1.165) is 5.57 Å². The molecule has 0 saturated heterocycles. The number of ether oxygens (including phenoxy) is 1. The number of hydrogen-bond donors (Lipinski definition) is 1. The molecule has 12 heavy (non-hydrogen) atoms. The van der Waals surface area contributed by atoms with Crippen molar-refractivity contribution in [1.29, 1.82) is 0 Å². The molecule has 0 aromatic carbocycles. The Kier molecular flexibility index (Phi) is 7.39. The van der Waals surface area contributed by atoms with E-state index in [1.165, 1.54) is 0 Å². The van der Waals surface area contributed by atoms with Crippen molar-refractivity contribution in [3.63, 3.8) is 0 Å². The van der Waals surface area contributed by atoms with Crippen molar-refractivity contribution in [1.82, 2.24) is 0 Å². The summed E-state index contributed by atoms with van der Waals surface area (Å²) in [5.41, 5.74) is 0.994. The molecular weight excluding hydrogens is 152 g/mol. The summed E-state index contributed by atoms with van der Waals surface area (Å²) in [7, 11) is 0. The fourth-order valence-electron chi connectivity index (χ4n) is 0.727. The molecule has 0 aliphatic rings. The van der Waals surface area contributed by atoms with Crippen LogP contribution in [0, 0.1) is 0 Å². The molecule has 0 radical (unpaired) electrons. The minimum Gasteiger partial charge on any atom is -0.498 e. The molecule has 0 bridgehead atoms. The van der Waals surface area contributed by atoms with Gasteiger partial charge in [0.15, 0.2) is 0 Å². The van der Waals surface area contributed by atoms with Crippen molar-refractivity contribution in [2.75, 3.05) is 13.2 Å². The minimum absolute atomic E-state index is 0.0511. The van der Waals surface area contributed by atoms with Crippen LogP contribution in [0.5, 0.6) is 0 Å². The van der Waals surface area contributed by atoms with E-state index in [1.54, 1.807) is 6.26 Å². The number of allylic oxidation sites excluding steroid dienone is 5. The summed E-state index contributed by atoms with van der Waals surface area (Å²) in [5, 5.41) is 8.45. The highest BCUT2D eigenvalue weighted by Crippen LogP contribution is 1.99. The Bertz CT molecular complexity index is 164. The standard InChI is InChI=1S/C10H16O2/c1-3-5-10(6-4-2)9-12-8-7-11/h3-6,9,11H,7-8H2,1-2H3. The van der Waals surface area contributed by atoms with Gasteiger partial charge in [-0.05, 0) is 13.8 Å². The lowest BCUT2D eigenvalue weighted by Crippen LogP contribution is -1.93. The van der Waals surface area contributed by atoms with Gasteiger partial charge in [0.05, 0.1) is 12.9 Å². The van der Waals surface area contributed by atoms with E-state index in [-0.39, 0.29) is 6.61 Å². The number of aliphatic hydroxyl groups is 1. The van der Waals surface area contributed by atoms with Crippen molar-refractivity contribution >= 4 is 0 Å². The van der Waals surface area contributed by atoms with E-state index in [4.69, 9.17) is 9.84 Å². The normalized spacial score (nSPS) is 10.9. The molecule has 2 heteroatoms. The van der Waals surface area contributed by atoms with Crippen LogP contribution in [0.2, 0.25) is 0 Å². The van der Waals surface area contributed by atoms with Crippen molar-refractivity contribution in [3.05, 3.63) is 36.1 Å². The molecule has 0 atom stereocenters. The maximum absolute atomic E-state index is 8.45. The maximum Gasteiger partial charge on any atom is 0.110 e. The van der Waals surface area contributed by atoms with E-state index < -0.39 is 0 Å².